The molecule has 0 aliphatic carbocycles. The lowest BCUT2D eigenvalue weighted by molar-refractivity contribution is 0.538. The van der Waals surface area contributed by atoms with Crippen molar-refractivity contribution in [2.24, 2.45) is 5.73 Å². The van der Waals surface area contributed by atoms with Gasteiger partial charge < -0.3 is 5.73 Å². The van der Waals surface area contributed by atoms with Crippen molar-refractivity contribution in [1.29, 1.82) is 0 Å². The SMILES string of the molecule is CCCCCCCCC(N)c1ncccc1CC. The van der Waals surface area contributed by atoms with Gasteiger partial charge in [0.25, 0.3) is 0 Å². The molecule has 0 amide bonds. The van der Waals surface area contributed by atoms with Crippen molar-refractivity contribution >= 4 is 0 Å². The molecule has 0 fully saturated rings. The summed E-state index contributed by atoms with van der Waals surface area (Å²) in [7, 11) is 0. The molecule has 1 aromatic heterocycles. The molecule has 18 heavy (non-hydrogen) atoms. The first-order valence-corrected chi connectivity index (χ1v) is 7.49. The third-order valence-corrected chi connectivity index (χ3v) is 3.53. The maximum atomic E-state index is 6.25. The van der Waals surface area contributed by atoms with Crippen molar-refractivity contribution in [2.45, 2.75) is 71.3 Å². The lowest BCUT2D eigenvalue weighted by Gasteiger charge is -2.14. The van der Waals surface area contributed by atoms with Crippen LogP contribution < -0.4 is 5.73 Å². The van der Waals surface area contributed by atoms with Crippen molar-refractivity contribution < 1.29 is 0 Å². The summed E-state index contributed by atoms with van der Waals surface area (Å²) in [5, 5.41) is 0. The normalized spacial score (nSPS) is 12.6. The second-order valence-corrected chi connectivity index (χ2v) is 5.06. The Bertz CT molecular complexity index is 323. The molecule has 0 aliphatic heterocycles. The Kier molecular flexibility index (Phi) is 7.66. The Labute approximate surface area is 112 Å². The van der Waals surface area contributed by atoms with Gasteiger partial charge in [0.05, 0.1) is 5.69 Å². The summed E-state index contributed by atoms with van der Waals surface area (Å²) in [5.41, 5.74) is 8.66. The van der Waals surface area contributed by atoms with E-state index in [1.165, 1.54) is 44.1 Å². The van der Waals surface area contributed by atoms with Crippen LogP contribution in [0.3, 0.4) is 0 Å². The Morgan fingerprint density at radius 2 is 1.83 bits per heavy atom. The maximum absolute atomic E-state index is 6.25. The average Bonchev–Trinajstić information content (AvgIpc) is 2.42. The number of nitrogens with zero attached hydrogens (tertiary/aromatic N) is 1. The molecule has 0 bridgehead atoms. The van der Waals surface area contributed by atoms with Gasteiger partial charge in [-0.2, -0.15) is 0 Å². The Morgan fingerprint density at radius 3 is 2.56 bits per heavy atom. The van der Waals surface area contributed by atoms with Crippen LogP contribution in [-0.4, -0.2) is 4.98 Å². The largest absolute Gasteiger partial charge is 0.323 e. The molecule has 0 spiro atoms. The smallest absolute Gasteiger partial charge is 0.0602 e. The summed E-state index contributed by atoms with van der Waals surface area (Å²) < 4.78 is 0. The molecule has 0 saturated heterocycles. The van der Waals surface area contributed by atoms with E-state index in [2.05, 4.69) is 24.9 Å². The van der Waals surface area contributed by atoms with Crippen molar-refractivity contribution in [3.8, 4) is 0 Å². The minimum Gasteiger partial charge on any atom is -0.323 e. The van der Waals surface area contributed by atoms with E-state index in [-0.39, 0.29) is 6.04 Å². The number of aromatic nitrogens is 1. The number of aryl methyl sites for hydroxylation is 1. The van der Waals surface area contributed by atoms with Crippen LogP contribution in [0.2, 0.25) is 0 Å². The van der Waals surface area contributed by atoms with Crippen LogP contribution >= 0.6 is 0 Å². The Hall–Kier alpha value is -0.890. The minimum absolute atomic E-state index is 0.118. The van der Waals surface area contributed by atoms with E-state index in [4.69, 9.17) is 5.73 Å². The summed E-state index contributed by atoms with van der Waals surface area (Å²) in [6.07, 6.45) is 11.9. The van der Waals surface area contributed by atoms with E-state index in [9.17, 15) is 0 Å². The second kappa shape index (κ2) is 9.09. The highest BCUT2D eigenvalue weighted by Gasteiger charge is 2.10. The highest BCUT2D eigenvalue weighted by molar-refractivity contribution is 5.22. The number of pyridine rings is 1. The summed E-state index contributed by atoms with van der Waals surface area (Å²) in [5.74, 6) is 0. The lowest BCUT2D eigenvalue weighted by Crippen LogP contribution is -2.14. The van der Waals surface area contributed by atoms with Crippen molar-refractivity contribution in [1.82, 2.24) is 4.98 Å². The van der Waals surface area contributed by atoms with Crippen LogP contribution in [0.25, 0.3) is 0 Å². The van der Waals surface area contributed by atoms with Crippen molar-refractivity contribution in [3.05, 3.63) is 29.6 Å². The second-order valence-electron chi connectivity index (χ2n) is 5.06. The Balaban J connectivity index is 2.29. The van der Waals surface area contributed by atoms with Gasteiger partial charge >= 0.3 is 0 Å². The molecule has 1 aromatic rings. The zero-order valence-corrected chi connectivity index (χ0v) is 12.0. The highest BCUT2D eigenvalue weighted by atomic mass is 14.8. The zero-order valence-electron chi connectivity index (χ0n) is 12.0. The maximum Gasteiger partial charge on any atom is 0.0602 e. The predicted octanol–water partition coefficient (Wildman–Crippen LogP) is 4.39. The average molecular weight is 248 g/mol. The molecule has 1 heterocycles. The van der Waals surface area contributed by atoms with E-state index in [1.807, 2.05) is 12.3 Å². The van der Waals surface area contributed by atoms with Crippen molar-refractivity contribution in [2.75, 3.05) is 0 Å². The number of rotatable bonds is 9. The number of unbranched alkanes of at least 4 members (excludes halogenated alkanes) is 5. The molecule has 0 radical (unpaired) electrons. The van der Waals surface area contributed by atoms with E-state index in [0.29, 0.717) is 0 Å². The van der Waals surface area contributed by atoms with Crippen molar-refractivity contribution in [3.63, 3.8) is 0 Å². The van der Waals surface area contributed by atoms with Gasteiger partial charge in [-0.3, -0.25) is 4.98 Å². The highest BCUT2D eigenvalue weighted by Crippen LogP contribution is 2.19. The van der Waals surface area contributed by atoms with Gasteiger partial charge in [-0.1, -0.05) is 58.4 Å². The monoisotopic (exact) mass is 248 g/mol. The van der Waals surface area contributed by atoms with Gasteiger partial charge in [-0.05, 0) is 24.5 Å². The molecule has 1 atom stereocenters. The third-order valence-electron chi connectivity index (χ3n) is 3.53. The van der Waals surface area contributed by atoms with Crippen LogP contribution in [0.15, 0.2) is 18.3 Å². The summed E-state index contributed by atoms with van der Waals surface area (Å²) >= 11 is 0. The molecule has 2 nitrogen and oxygen atoms in total. The predicted molar refractivity (Wildman–Crippen MR) is 78.5 cm³/mol. The first-order chi connectivity index (χ1) is 8.79. The molecule has 0 aromatic carbocycles. The fraction of sp³-hybridized carbons (Fsp3) is 0.688. The van der Waals surface area contributed by atoms with Gasteiger partial charge in [-0.25, -0.2) is 0 Å². The van der Waals surface area contributed by atoms with E-state index < -0.39 is 0 Å². The Morgan fingerprint density at radius 1 is 1.11 bits per heavy atom. The standard InChI is InChI=1S/C16H28N2/c1-3-5-6-7-8-9-12-15(17)16-14(4-2)11-10-13-18-16/h10-11,13,15H,3-9,12,17H2,1-2H3. The fourth-order valence-electron chi connectivity index (χ4n) is 2.36. The topological polar surface area (TPSA) is 38.9 Å². The molecular weight excluding hydrogens is 220 g/mol. The van der Waals surface area contributed by atoms with E-state index >= 15 is 0 Å². The molecule has 2 N–H and O–H groups in total. The van der Waals surface area contributed by atoms with Gasteiger partial charge in [-0.15, -0.1) is 0 Å². The van der Waals surface area contributed by atoms with Gasteiger partial charge in [0.1, 0.15) is 0 Å². The molecule has 1 unspecified atom stereocenters. The molecule has 102 valence electrons. The number of nitrogens with two attached hydrogens (primary N) is 1. The van der Waals surface area contributed by atoms with Crippen LogP contribution in [-0.2, 0) is 6.42 Å². The van der Waals surface area contributed by atoms with Gasteiger partial charge in [0.2, 0.25) is 0 Å². The number of hydrogen-bond acceptors (Lipinski definition) is 2. The molecule has 1 rings (SSSR count). The molecule has 0 saturated carbocycles. The number of hydrogen-bond donors (Lipinski definition) is 1. The van der Waals surface area contributed by atoms with Crippen LogP contribution in [0.4, 0.5) is 0 Å². The first-order valence-electron chi connectivity index (χ1n) is 7.49. The fourth-order valence-corrected chi connectivity index (χ4v) is 2.36. The first kappa shape index (κ1) is 15.2. The molecule has 2 heteroatoms. The van der Waals surface area contributed by atoms with Crippen LogP contribution in [0, 0.1) is 0 Å². The summed E-state index contributed by atoms with van der Waals surface area (Å²) in [6, 6.07) is 4.26. The van der Waals surface area contributed by atoms with Crippen LogP contribution in [0.1, 0.15) is 76.1 Å². The van der Waals surface area contributed by atoms with Crippen LogP contribution in [0.5, 0.6) is 0 Å². The van der Waals surface area contributed by atoms with E-state index in [0.717, 1.165) is 18.5 Å². The minimum atomic E-state index is 0.118. The van der Waals surface area contributed by atoms with Gasteiger partial charge in [0.15, 0.2) is 0 Å². The zero-order chi connectivity index (χ0) is 13.2. The summed E-state index contributed by atoms with van der Waals surface area (Å²) in [4.78, 5) is 4.45. The van der Waals surface area contributed by atoms with E-state index in [1.54, 1.807) is 0 Å². The molecular formula is C16H28N2. The summed E-state index contributed by atoms with van der Waals surface area (Å²) in [6.45, 7) is 4.42. The van der Waals surface area contributed by atoms with Gasteiger partial charge in [0, 0.05) is 12.2 Å². The molecule has 0 aliphatic rings. The third kappa shape index (κ3) is 5.18. The quantitative estimate of drug-likeness (QED) is 0.658. The lowest BCUT2D eigenvalue weighted by atomic mass is 10.00.